The van der Waals surface area contributed by atoms with E-state index in [2.05, 4.69) is 10.6 Å². The second-order valence-electron chi connectivity index (χ2n) is 9.02. The smallest absolute Gasteiger partial charge is 0.338 e. The van der Waals surface area contributed by atoms with Gasteiger partial charge < -0.3 is 15.4 Å². The van der Waals surface area contributed by atoms with E-state index in [4.69, 9.17) is 16.3 Å². The van der Waals surface area contributed by atoms with Gasteiger partial charge in [0.15, 0.2) is 0 Å². The van der Waals surface area contributed by atoms with E-state index in [9.17, 15) is 24.5 Å². The molecule has 1 heterocycles. The zero-order valence-corrected chi connectivity index (χ0v) is 21.8. The Kier molecular flexibility index (Phi) is 8.88. The number of hydrogen-bond acceptors (Lipinski definition) is 6. The number of nitrogens with one attached hydrogen (secondary N) is 2. The highest BCUT2D eigenvalue weighted by atomic mass is 35.5. The molecule has 0 radical (unpaired) electrons. The molecule has 0 spiro atoms. The second kappa shape index (κ2) is 11.9. The van der Waals surface area contributed by atoms with E-state index in [-0.39, 0.29) is 34.8 Å². The van der Waals surface area contributed by atoms with Gasteiger partial charge in [-0.25, -0.2) is 9.59 Å². The number of rotatable bonds is 9. The van der Waals surface area contributed by atoms with Crippen LogP contribution in [0.2, 0.25) is 5.02 Å². The minimum absolute atomic E-state index is 0.0463. The number of esters is 1. The van der Waals surface area contributed by atoms with Crippen molar-refractivity contribution in [2.75, 3.05) is 18.5 Å². The average molecular weight is 529 g/mol. The van der Waals surface area contributed by atoms with Crippen molar-refractivity contribution in [3.05, 3.63) is 80.0 Å². The molecule has 0 unspecified atom stereocenters. The molecule has 0 bridgehead atoms. The van der Waals surface area contributed by atoms with E-state index < -0.39 is 22.8 Å². The van der Waals surface area contributed by atoms with Crippen LogP contribution in [-0.2, 0) is 9.53 Å². The van der Waals surface area contributed by atoms with E-state index in [1.165, 1.54) is 17.0 Å². The number of non-ortho nitro benzene ring substituents is 1. The van der Waals surface area contributed by atoms with E-state index in [1.54, 1.807) is 31.2 Å². The fourth-order valence-corrected chi connectivity index (χ4v) is 4.13. The molecule has 10 nitrogen and oxygen atoms in total. The molecule has 0 fully saturated rings. The number of allylic oxidation sites excluding steroid dienone is 1. The van der Waals surface area contributed by atoms with Crippen LogP contribution in [0.3, 0.4) is 0 Å². The highest BCUT2D eigenvalue weighted by molar-refractivity contribution is 6.34. The lowest BCUT2D eigenvalue weighted by Crippen LogP contribution is -2.48. The zero-order valence-electron chi connectivity index (χ0n) is 21.0. The third-order valence-electron chi connectivity index (χ3n) is 5.72. The molecule has 2 aromatic carbocycles. The first-order chi connectivity index (χ1) is 17.5. The molecule has 1 aliphatic rings. The number of nitro groups is 1. The summed E-state index contributed by atoms with van der Waals surface area (Å²) >= 11 is 6.06. The Labute approximate surface area is 219 Å². The van der Waals surface area contributed by atoms with Crippen molar-refractivity contribution in [2.24, 2.45) is 5.92 Å². The van der Waals surface area contributed by atoms with Gasteiger partial charge in [-0.1, -0.05) is 44.5 Å². The van der Waals surface area contributed by atoms with Crippen LogP contribution in [0.5, 0.6) is 0 Å². The number of anilines is 1. The first kappa shape index (κ1) is 27.7. The molecule has 1 atom stereocenters. The van der Waals surface area contributed by atoms with E-state index in [0.29, 0.717) is 29.1 Å². The molecular weight excluding hydrogens is 500 g/mol. The molecule has 2 N–H and O–H groups in total. The van der Waals surface area contributed by atoms with Gasteiger partial charge in [-0.15, -0.1) is 0 Å². The summed E-state index contributed by atoms with van der Waals surface area (Å²) in [6.07, 6.45) is 0.719. The molecule has 3 rings (SSSR count). The van der Waals surface area contributed by atoms with Crippen molar-refractivity contribution in [1.82, 2.24) is 10.2 Å². The van der Waals surface area contributed by atoms with E-state index >= 15 is 0 Å². The Morgan fingerprint density at radius 3 is 2.46 bits per heavy atom. The van der Waals surface area contributed by atoms with E-state index in [0.717, 1.165) is 12.5 Å². The van der Waals surface area contributed by atoms with Crippen LogP contribution in [0.1, 0.15) is 56.1 Å². The van der Waals surface area contributed by atoms with Gasteiger partial charge in [0, 0.05) is 30.1 Å². The van der Waals surface area contributed by atoms with Crippen molar-refractivity contribution in [3.8, 4) is 0 Å². The molecule has 1 aliphatic heterocycles. The lowest BCUT2D eigenvalue weighted by atomic mass is 9.94. The summed E-state index contributed by atoms with van der Waals surface area (Å²) in [5, 5.41) is 16.4. The fraction of sp³-hybridized carbons (Fsp3) is 0.346. The number of halogens is 1. The van der Waals surface area contributed by atoms with Crippen molar-refractivity contribution < 1.29 is 24.0 Å². The fourth-order valence-electron chi connectivity index (χ4n) is 3.87. The molecule has 0 aromatic heterocycles. The average Bonchev–Trinajstić information content (AvgIpc) is 2.85. The van der Waals surface area contributed by atoms with Gasteiger partial charge >= 0.3 is 12.0 Å². The topological polar surface area (TPSA) is 131 Å². The summed E-state index contributed by atoms with van der Waals surface area (Å²) < 4.78 is 5.50. The Bertz CT molecular complexity index is 1240. The summed E-state index contributed by atoms with van der Waals surface area (Å²) in [7, 11) is 0. The third-order valence-corrected chi connectivity index (χ3v) is 6.03. The van der Waals surface area contributed by atoms with Crippen LogP contribution < -0.4 is 10.6 Å². The van der Waals surface area contributed by atoms with Crippen LogP contribution in [0.25, 0.3) is 0 Å². The monoisotopic (exact) mass is 528 g/mol. The summed E-state index contributed by atoms with van der Waals surface area (Å²) in [6, 6.07) is 9.20. The number of carbonyl (C=O) groups is 3. The predicted octanol–water partition coefficient (Wildman–Crippen LogP) is 5.45. The number of urea groups is 1. The molecular formula is C26H29ClN4O6. The highest BCUT2D eigenvalue weighted by Crippen LogP contribution is 2.32. The largest absolute Gasteiger partial charge is 0.462 e. The van der Waals surface area contributed by atoms with Gasteiger partial charge in [-0.3, -0.25) is 19.8 Å². The Balaban J connectivity index is 1.85. The number of nitrogens with zero attached hydrogens (tertiary/aromatic N) is 2. The van der Waals surface area contributed by atoms with Crippen molar-refractivity contribution in [2.45, 2.75) is 40.2 Å². The van der Waals surface area contributed by atoms with Gasteiger partial charge in [0.25, 0.3) is 11.6 Å². The van der Waals surface area contributed by atoms with Crippen LogP contribution >= 0.6 is 11.6 Å². The zero-order chi connectivity index (χ0) is 27.3. The van der Waals surface area contributed by atoms with Crippen LogP contribution in [0.15, 0.2) is 53.7 Å². The number of nitro benzene ring substituents is 1. The third kappa shape index (κ3) is 6.45. The van der Waals surface area contributed by atoms with Gasteiger partial charge in [0.1, 0.15) is 0 Å². The van der Waals surface area contributed by atoms with Crippen LogP contribution in [0.4, 0.5) is 16.2 Å². The first-order valence-corrected chi connectivity index (χ1v) is 12.2. The Morgan fingerprint density at radius 2 is 1.89 bits per heavy atom. The minimum atomic E-state index is -0.728. The molecule has 0 aliphatic carbocycles. The first-order valence-electron chi connectivity index (χ1n) is 11.8. The number of amides is 3. The standard InChI is InChI=1S/C26H29ClN4O6/c1-5-12-30-16(4)22(25(33)37-14-15(2)3)23(29-26(30)34)17-6-8-18(9-7-17)28-24(32)20-11-10-19(31(35)36)13-21(20)27/h6-11,13,15,23H,5,12,14H2,1-4H3,(H,28,32)(H,29,34)/t23-/m0/s1. The molecule has 0 saturated carbocycles. The SMILES string of the molecule is CCCN1C(=O)N[C@@H](c2ccc(NC(=O)c3ccc([N+](=O)[O-])cc3Cl)cc2)C(C(=O)OCC(C)C)=C1C. The summed E-state index contributed by atoms with van der Waals surface area (Å²) in [5.74, 6) is -0.884. The summed E-state index contributed by atoms with van der Waals surface area (Å²) in [6.45, 7) is 8.27. The Hall–Kier alpha value is -3.92. The number of benzene rings is 2. The van der Waals surface area contributed by atoms with Crippen LogP contribution in [-0.4, -0.2) is 40.9 Å². The number of ether oxygens (including phenoxy) is 1. The van der Waals surface area contributed by atoms with Crippen molar-refractivity contribution >= 4 is 40.9 Å². The van der Waals surface area contributed by atoms with E-state index in [1.807, 2.05) is 20.8 Å². The molecule has 11 heteroatoms. The maximum atomic E-state index is 13.1. The molecule has 37 heavy (non-hydrogen) atoms. The summed E-state index contributed by atoms with van der Waals surface area (Å²) in [5.41, 5.74) is 1.82. The maximum Gasteiger partial charge on any atom is 0.338 e. The molecule has 196 valence electrons. The second-order valence-corrected chi connectivity index (χ2v) is 9.43. The summed E-state index contributed by atoms with van der Waals surface area (Å²) in [4.78, 5) is 50.3. The van der Waals surface area contributed by atoms with Gasteiger partial charge in [0.05, 0.1) is 33.7 Å². The van der Waals surface area contributed by atoms with Crippen molar-refractivity contribution in [3.63, 3.8) is 0 Å². The van der Waals surface area contributed by atoms with Crippen molar-refractivity contribution in [1.29, 1.82) is 0 Å². The number of carbonyl (C=O) groups excluding carboxylic acids is 3. The van der Waals surface area contributed by atoms with Gasteiger partial charge in [0.2, 0.25) is 0 Å². The van der Waals surface area contributed by atoms with Gasteiger partial charge in [-0.2, -0.15) is 0 Å². The minimum Gasteiger partial charge on any atom is -0.462 e. The lowest BCUT2D eigenvalue weighted by molar-refractivity contribution is -0.384. The highest BCUT2D eigenvalue weighted by Gasteiger charge is 2.36. The normalized spacial score (nSPS) is 15.5. The van der Waals surface area contributed by atoms with Crippen LogP contribution in [0, 0.1) is 16.0 Å². The predicted molar refractivity (Wildman–Crippen MR) is 139 cm³/mol. The lowest BCUT2D eigenvalue weighted by Gasteiger charge is -2.35. The number of hydrogen-bond donors (Lipinski definition) is 2. The molecule has 0 saturated heterocycles. The molecule has 3 amide bonds. The maximum absolute atomic E-state index is 13.1. The van der Waals surface area contributed by atoms with Gasteiger partial charge in [-0.05, 0) is 43.0 Å². The Morgan fingerprint density at radius 1 is 1.22 bits per heavy atom. The quantitative estimate of drug-likeness (QED) is 0.253. The molecule has 2 aromatic rings.